The van der Waals surface area contributed by atoms with Crippen molar-refractivity contribution in [1.82, 2.24) is 14.7 Å². The van der Waals surface area contributed by atoms with Crippen LogP contribution in [-0.4, -0.2) is 15.3 Å². The highest BCUT2D eigenvalue weighted by molar-refractivity contribution is 5.94. The number of nitrogens with one attached hydrogen (secondary N) is 1. The van der Waals surface area contributed by atoms with Gasteiger partial charge >= 0.3 is 0 Å². The maximum Gasteiger partial charge on any atom is 0.270 e. The number of carbonyl (C=O) groups is 1. The SMILES string of the molecule is CCc1nc2ccccn2c1C(=O)NCc1ccccc1F. The summed E-state index contributed by atoms with van der Waals surface area (Å²) < 4.78 is 15.4. The van der Waals surface area contributed by atoms with Gasteiger partial charge in [0.05, 0.1) is 5.69 Å². The molecular weight excluding hydrogens is 281 g/mol. The van der Waals surface area contributed by atoms with Crippen LogP contribution in [0.3, 0.4) is 0 Å². The summed E-state index contributed by atoms with van der Waals surface area (Å²) in [6, 6.07) is 12.0. The summed E-state index contributed by atoms with van der Waals surface area (Å²) in [5.74, 6) is -0.574. The molecule has 2 aromatic heterocycles. The molecule has 0 saturated heterocycles. The largest absolute Gasteiger partial charge is 0.347 e. The zero-order valence-corrected chi connectivity index (χ0v) is 12.2. The van der Waals surface area contributed by atoms with Crippen LogP contribution < -0.4 is 5.32 Å². The van der Waals surface area contributed by atoms with E-state index in [0.29, 0.717) is 17.7 Å². The molecule has 0 unspecified atom stereocenters. The molecule has 22 heavy (non-hydrogen) atoms. The summed E-state index contributed by atoms with van der Waals surface area (Å²) in [5.41, 5.74) is 2.43. The van der Waals surface area contributed by atoms with Crippen LogP contribution in [0.15, 0.2) is 48.7 Å². The third-order valence-corrected chi connectivity index (χ3v) is 3.55. The van der Waals surface area contributed by atoms with Gasteiger partial charge in [-0.1, -0.05) is 31.2 Å². The number of hydrogen-bond donors (Lipinski definition) is 1. The minimum Gasteiger partial charge on any atom is -0.347 e. The van der Waals surface area contributed by atoms with E-state index in [9.17, 15) is 9.18 Å². The summed E-state index contributed by atoms with van der Waals surface area (Å²) in [7, 11) is 0. The van der Waals surface area contributed by atoms with Crippen LogP contribution in [0.2, 0.25) is 0 Å². The van der Waals surface area contributed by atoms with Crippen molar-refractivity contribution in [3.05, 3.63) is 71.4 Å². The van der Waals surface area contributed by atoms with Crippen molar-refractivity contribution in [2.45, 2.75) is 19.9 Å². The summed E-state index contributed by atoms with van der Waals surface area (Å²) >= 11 is 0. The molecule has 3 aromatic rings. The first-order valence-corrected chi connectivity index (χ1v) is 7.18. The van der Waals surface area contributed by atoms with Crippen LogP contribution in [0.5, 0.6) is 0 Å². The predicted octanol–water partition coefficient (Wildman–Crippen LogP) is 2.97. The second-order valence-electron chi connectivity index (χ2n) is 4.96. The van der Waals surface area contributed by atoms with Crippen molar-refractivity contribution in [1.29, 1.82) is 0 Å². The van der Waals surface area contributed by atoms with Gasteiger partial charge in [0.15, 0.2) is 0 Å². The molecule has 2 heterocycles. The lowest BCUT2D eigenvalue weighted by atomic mass is 10.2. The molecule has 0 spiro atoms. The van der Waals surface area contributed by atoms with Crippen LogP contribution in [0.4, 0.5) is 4.39 Å². The Morgan fingerprint density at radius 1 is 1.23 bits per heavy atom. The smallest absolute Gasteiger partial charge is 0.270 e. The van der Waals surface area contributed by atoms with Gasteiger partial charge in [0.2, 0.25) is 0 Å². The Hall–Kier alpha value is -2.69. The van der Waals surface area contributed by atoms with E-state index in [0.717, 1.165) is 11.3 Å². The molecule has 0 atom stereocenters. The summed E-state index contributed by atoms with van der Waals surface area (Å²) in [6.45, 7) is 2.10. The van der Waals surface area contributed by atoms with Crippen molar-refractivity contribution in [3.63, 3.8) is 0 Å². The van der Waals surface area contributed by atoms with Gasteiger partial charge in [-0.3, -0.25) is 9.20 Å². The van der Waals surface area contributed by atoms with Crippen LogP contribution in [-0.2, 0) is 13.0 Å². The molecule has 1 amide bonds. The zero-order chi connectivity index (χ0) is 15.5. The Morgan fingerprint density at radius 3 is 2.77 bits per heavy atom. The molecule has 4 nitrogen and oxygen atoms in total. The Bertz CT molecular complexity index is 826. The number of halogens is 1. The van der Waals surface area contributed by atoms with Gasteiger partial charge in [-0.15, -0.1) is 0 Å². The highest BCUT2D eigenvalue weighted by Crippen LogP contribution is 2.14. The van der Waals surface area contributed by atoms with Crippen LogP contribution >= 0.6 is 0 Å². The number of rotatable bonds is 4. The highest BCUT2D eigenvalue weighted by Gasteiger charge is 2.17. The molecule has 0 aliphatic heterocycles. The van der Waals surface area contributed by atoms with E-state index < -0.39 is 0 Å². The van der Waals surface area contributed by atoms with Crippen LogP contribution in [0.1, 0.15) is 28.7 Å². The first-order chi connectivity index (χ1) is 10.7. The van der Waals surface area contributed by atoms with Gasteiger partial charge < -0.3 is 5.32 Å². The minimum atomic E-state index is -0.323. The predicted molar refractivity (Wildman–Crippen MR) is 82.1 cm³/mol. The van der Waals surface area contributed by atoms with Crippen molar-refractivity contribution in [3.8, 4) is 0 Å². The average Bonchev–Trinajstić information content (AvgIpc) is 2.92. The molecule has 1 N–H and O–H groups in total. The van der Waals surface area contributed by atoms with Crippen molar-refractivity contribution >= 4 is 11.6 Å². The Labute approximate surface area is 127 Å². The molecule has 3 rings (SSSR count). The molecule has 5 heteroatoms. The normalized spacial score (nSPS) is 10.8. The monoisotopic (exact) mass is 297 g/mol. The molecule has 0 fully saturated rings. The fraction of sp³-hybridized carbons (Fsp3) is 0.176. The first kappa shape index (κ1) is 14.3. The fourth-order valence-corrected chi connectivity index (χ4v) is 2.43. The third kappa shape index (κ3) is 2.57. The van der Waals surface area contributed by atoms with Gasteiger partial charge in [0, 0.05) is 18.3 Å². The number of fused-ring (bicyclic) bond motifs is 1. The van der Waals surface area contributed by atoms with Gasteiger partial charge in [-0.2, -0.15) is 0 Å². The second-order valence-corrected chi connectivity index (χ2v) is 4.96. The average molecular weight is 297 g/mol. The fourth-order valence-electron chi connectivity index (χ4n) is 2.43. The number of benzene rings is 1. The van der Waals surface area contributed by atoms with Gasteiger partial charge in [-0.25, -0.2) is 9.37 Å². The molecule has 0 radical (unpaired) electrons. The zero-order valence-electron chi connectivity index (χ0n) is 12.2. The standard InChI is InChI=1S/C17H16FN3O/c1-2-14-16(21-10-6-5-9-15(21)20-14)17(22)19-11-12-7-3-4-8-13(12)18/h3-10H,2,11H2,1H3,(H,19,22). The Balaban J connectivity index is 1.88. The van der Waals surface area contributed by atoms with E-state index in [4.69, 9.17) is 0 Å². The number of nitrogens with zero attached hydrogens (tertiary/aromatic N) is 2. The Morgan fingerprint density at radius 2 is 2.00 bits per heavy atom. The second kappa shape index (κ2) is 5.97. The topological polar surface area (TPSA) is 46.4 Å². The lowest BCUT2D eigenvalue weighted by molar-refractivity contribution is 0.0943. The van der Waals surface area contributed by atoms with Gasteiger partial charge in [-0.05, 0) is 24.6 Å². The van der Waals surface area contributed by atoms with E-state index in [1.165, 1.54) is 6.07 Å². The first-order valence-electron chi connectivity index (χ1n) is 7.18. The van der Waals surface area contributed by atoms with Gasteiger partial charge in [0.25, 0.3) is 5.91 Å². The minimum absolute atomic E-state index is 0.148. The molecule has 0 aliphatic carbocycles. The van der Waals surface area contributed by atoms with Gasteiger partial charge in [0.1, 0.15) is 17.2 Å². The van der Waals surface area contributed by atoms with E-state index in [2.05, 4.69) is 10.3 Å². The highest BCUT2D eigenvalue weighted by atomic mass is 19.1. The molecule has 0 saturated carbocycles. The van der Waals surface area contributed by atoms with Crippen molar-refractivity contribution < 1.29 is 9.18 Å². The Kier molecular flexibility index (Phi) is 3.87. The lowest BCUT2D eigenvalue weighted by Gasteiger charge is -2.07. The van der Waals surface area contributed by atoms with Crippen molar-refractivity contribution in [2.75, 3.05) is 0 Å². The quantitative estimate of drug-likeness (QED) is 0.804. The summed E-state index contributed by atoms with van der Waals surface area (Å²) in [6.07, 6.45) is 2.46. The lowest BCUT2D eigenvalue weighted by Crippen LogP contribution is -2.25. The number of hydrogen-bond acceptors (Lipinski definition) is 2. The summed E-state index contributed by atoms with van der Waals surface area (Å²) in [4.78, 5) is 16.9. The molecule has 1 aromatic carbocycles. The van der Waals surface area contributed by atoms with Crippen LogP contribution in [0.25, 0.3) is 5.65 Å². The number of aryl methyl sites for hydroxylation is 1. The molecular formula is C17H16FN3O. The maximum atomic E-state index is 13.6. The number of amides is 1. The van der Waals surface area contributed by atoms with Crippen LogP contribution in [0, 0.1) is 5.82 Å². The molecule has 112 valence electrons. The van der Waals surface area contributed by atoms with E-state index >= 15 is 0 Å². The number of aromatic nitrogens is 2. The number of pyridine rings is 1. The van der Waals surface area contributed by atoms with Crippen molar-refractivity contribution in [2.24, 2.45) is 0 Å². The third-order valence-electron chi connectivity index (χ3n) is 3.55. The van der Waals surface area contributed by atoms with E-state index in [1.54, 1.807) is 28.8 Å². The maximum absolute atomic E-state index is 13.6. The molecule has 0 aliphatic rings. The van der Waals surface area contributed by atoms with E-state index in [-0.39, 0.29) is 18.3 Å². The van der Waals surface area contributed by atoms with E-state index in [1.807, 2.05) is 25.1 Å². The number of imidazole rings is 1. The summed E-state index contributed by atoms with van der Waals surface area (Å²) in [5, 5.41) is 2.77. The number of carbonyl (C=O) groups excluding carboxylic acids is 1. The molecule has 0 bridgehead atoms.